The Bertz CT molecular complexity index is 575. The minimum absolute atomic E-state index is 0.123. The second-order valence-electron chi connectivity index (χ2n) is 7.00. The van der Waals surface area contributed by atoms with Gasteiger partial charge in [-0.05, 0) is 52.5 Å². The van der Waals surface area contributed by atoms with Gasteiger partial charge in [-0.2, -0.15) is 0 Å². The van der Waals surface area contributed by atoms with Crippen LogP contribution < -0.4 is 5.32 Å². The fraction of sp³-hybridized carbons (Fsp3) is 0.556. The van der Waals surface area contributed by atoms with Crippen LogP contribution in [0.25, 0.3) is 0 Å². The highest BCUT2D eigenvalue weighted by molar-refractivity contribution is 7.10. The first-order valence-electron chi connectivity index (χ1n) is 7.59. The molecule has 0 bridgehead atoms. The van der Waals surface area contributed by atoms with E-state index in [4.69, 9.17) is 4.74 Å². The van der Waals surface area contributed by atoms with E-state index in [2.05, 4.69) is 11.9 Å². The number of hydrogen-bond donors (Lipinski definition) is 1. The van der Waals surface area contributed by atoms with Gasteiger partial charge < -0.3 is 10.1 Å². The molecule has 1 aromatic rings. The number of ether oxygens (including phenoxy) is 1. The van der Waals surface area contributed by atoms with Gasteiger partial charge in [-0.3, -0.25) is 9.59 Å². The van der Waals surface area contributed by atoms with Crippen molar-refractivity contribution in [3.8, 4) is 0 Å². The van der Waals surface area contributed by atoms with Crippen molar-refractivity contribution in [2.24, 2.45) is 5.41 Å². The average molecular weight is 337 g/mol. The van der Waals surface area contributed by atoms with Crippen LogP contribution in [0, 0.1) is 5.41 Å². The Hall–Kier alpha value is -1.62. The molecule has 0 spiro atoms. The molecule has 0 aliphatic heterocycles. The van der Waals surface area contributed by atoms with Gasteiger partial charge >= 0.3 is 5.97 Å². The molecule has 1 amide bonds. The number of carbonyl (C=O) groups is 2. The SMILES string of the molecule is C=CCC(C)(C(=O)NC(C)(C)C(C)(C)C(=O)OC)c1cccs1. The van der Waals surface area contributed by atoms with Crippen molar-refractivity contribution in [1.29, 1.82) is 0 Å². The van der Waals surface area contributed by atoms with Crippen LogP contribution in [0.1, 0.15) is 45.9 Å². The first-order chi connectivity index (χ1) is 10.5. The molecule has 23 heavy (non-hydrogen) atoms. The summed E-state index contributed by atoms with van der Waals surface area (Å²) in [6.07, 6.45) is 2.27. The lowest BCUT2D eigenvalue weighted by Gasteiger charge is -2.42. The fourth-order valence-corrected chi connectivity index (χ4v) is 3.17. The number of thiophene rings is 1. The lowest BCUT2D eigenvalue weighted by atomic mass is 9.73. The number of carbonyl (C=O) groups excluding carboxylic acids is 2. The summed E-state index contributed by atoms with van der Waals surface area (Å²) in [5, 5.41) is 5.00. The minimum atomic E-state index is -0.859. The Morgan fingerprint density at radius 2 is 1.91 bits per heavy atom. The molecule has 128 valence electrons. The largest absolute Gasteiger partial charge is 0.469 e. The molecule has 4 nitrogen and oxygen atoms in total. The molecule has 1 heterocycles. The van der Waals surface area contributed by atoms with Crippen LogP contribution in [0.4, 0.5) is 0 Å². The molecule has 0 aromatic carbocycles. The molecule has 1 unspecified atom stereocenters. The zero-order chi connectivity index (χ0) is 17.9. The molecule has 1 aromatic heterocycles. The van der Waals surface area contributed by atoms with Crippen molar-refractivity contribution in [2.75, 3.05) is 7.11 Å². The van der Waals surface area contributed by atoms with E-state index in [9.17, 15) is 9.59 Å². The maximum Gasteiger partial charge on any atom is 0.313 e. The Balaban J connectivity index is 3.12. The number of hydrogen-bond acceptors (Lipinski definition) is 4. The molecule has 0 radical (unpaired) electrons. The van der Waals surface area contributed by atoms with Crippen molar-refractivity contribution < 1.29 is 14.3 Å². The molecule has 1 atom stereocenters. The van der Waals surface area contributed by atoms with Crippen LogP contribution in [0.3, 0.4) is 0 Å². The van der Waals surface area contributed by atoms with E-state index in [0.29, 0.717) is 6.42 Å². The first-order valence-corrected chi connectivity index (χ1v) is 8.47. The van der Waals surface area contributed by atoms with E-state index in [-0.39, 0.29) is 11.9 Å². The zero-order valence-corrected chi connectivity index (χ0v) is 15.7. The first kappa shape index (κ1) is 19.4. The molecule has 0 saturated heterocycles. The molecule has 0 aliphatic rings. The summed E-state index contributed by atoms with van der Waals surface area (Å²) in [5.41, 5.74) is -2.34. The van der Waals surface area contributed by atoms with Gasteiger partial charge in [0.15, 0.2) is 0 Å². The maximum atomic E-state index is 13.0. The van der Waals surface area contributed by atoms with Gasteiger partial charge in [0.1, 0.15) is 0 Å². The lowest BCUT2D eigenvalue weighted by Crippen LogP contribution is -2.60. The molecular weight excluding hydrogens is 310 g/mol. The van der Waals surface area contributed by atoms with E-state index in [0.717, 1.165) is 4.88 Å². The standard InChI is InChI=1S/C18H27NO3S/c1-8-11-18(6,13-10-9-12-23-13)14(20)19-17(4,5)16(2,3)15(21)22-7/h8-10,12H,1,11H2,2-7H3,(H,19,20). The van der Waals surface area contributed by atoms with E-state index >= 15 is 0 Å². The number of nitrogens with one attached hydrogen (secondary N) is 1. The van der Waals surface area contributed by atoms with Crippen LogP contribution in [0.15, 0.2) is 30.2 Å². The lowest BCUT2D eigenvalue weighted by molar-refractivity contribution is -0.155. The van der Waals surface area contributed by atoms with Crippen LogP contribution in [0.5, 0.6) is 0 Å². The Kier molecular flexibility index (Phi) is 5.80. The monoisotopic (exact) mass is 337 g/mol. The minimum Gasteiger partial charge on any atom is -0.469 e. The number of amides is 1. The highest BCUT2D eigenvalue weighted by Gasteiger charge is 2.47. The highest BCUT2D eigenvalue weighted by Crippen LogP contribution is 2.36. The number of esters is 1. The molecule has 0 saturated carbocycles. The van der Waals surface area contributed by atoms with Crippen LogP contribution in [-0.4, -0.2) is 24.5 Å². The van der Waals surface area contributed by atoms with E-state index in [1.54, 1.807) is 31.3 Å². The quantitative estimate of drug-likeness (QED) is 0.610. The second-order valence-corrected chi connectivity index (χ2v) is 7.95. The van der Waals surface area contributed by atoms with Gasteiger partial charge in [-0.1, -0.05) is 12.1 Å². The van der Waals surface area contributed by atoms with Crippen molar-refractivity contribution >= 4 is 23.2 Å². The maximum absolute atomic E-state index is 13.0. The molecular formula is C18H27NO3S. The Labute approximate surface area is 142 Å². The summed E-state index contributed by atoms with van der Waals surface area (Å²) >= 11 is 1.54. The fourth-order valence-electron chi connectivity index (χ4n) is 2.27. The average Bonchev–Trinajstić information content (AvgIpc) is 3.00. The number of methoxy groups -OCH3 is 1. The van der Waals surface area contributed by atoms with Gasteiger partial charge in [-0.25, -0.2) is 0 Å². The normalized spacial score (nSPS) is 14.7. The van der Waals surface area contributed by atoms with E-state index in [1.807, 2.05) is 38.3 Å². The second kappa shape index (κ2) is 6.87. The van der Waals surface area contributed by atoms with Gasteiger partial charge in [0.05, 0.1) is 17.9 Å². The topological polar surface area (TPSA) is 55.4 Å². The van der Waals surface area contributed by atoms with Gasteiger partial charge in [-0.15, -0.1) is 17.9 Å². The Morgan fingerprint density at radius 1 is 1.30 bits per heavy atom. The van der Waals surface area contributed by atoms with Crippen molar-refractivity contribution in [1.82, 2.24) is 5.32 Å². The van der Waals surface area contributed by atoms with Crippen LogP contribution in [-0.2, 0) is 19.7 Å². The van der Waals surface area contributed by atoms with E-state index in [1.165, 1.54) is 7.11 Å². The predicted molar refractivity (Wildman–Crippen MR) is 94.5 cm³/mol. The van der Waals surface area contributed by atoms with Gasteiger partial charge in [0.2, 0.25) is 5.91 Å². The third-order valence-corrected chi connectivity index (χ3v) is 5.94. The summed E-state index contributed by atoms with van der Waals surface area (Å²) in [4.78, 5) is 26.1. The van der Waals surface area contributed by atoms with Gasteiger partial charge in [0.25, 0.3) is 0 Å². The summed E-state index contributed by atoms with van der Waals surface area (Å²) in [5.74, 6) is -0.480. The summed E-state index contributed by atoms with van der Waals surface area (Å²) < 4.78 is 4.88. The van der Waals surface area contributed by atoms with Crippen molar-refractivity contribution in [3.63, 3.8) is 0 Å². The zero-order valence-electron chi connectivity index (χ0n) is 14.9. The molecule has 5 heteroatoms. The number of allylic oxidation sites excluding steroid dienone is 1. The third kappa shape index (κ3) is 3.66. The third-order valence-electron chi connectivity index (χ3n) is 4.80. The number of rotatable bonds is 7. The van der Waals surface area contributed by atoms with Gasteiger partial charge in [0, 0.05) is 10.4 Å². The van der Waals surface area contributed by atoms with Crippen molar-refractivity contribution in [3.05, 3.63) is 35.0 Å². The highest BCUT2D eigenvalue weighted by atomic mass is 32.1. The molecule has 0 fully saturated rings. The van der Waals surface area contributed by atoms with Crippen LogP contribution in [0.2, 0.25) is 0 Å². The summed E-state index contributed by atoms with van der Waals surface area (Å²) in [7, 11) is 1.36. The summed E-state index contributed by atoms with van der Waals surface area (Å²) in [6.45, 7) is 12.9. The molecule has 0 aliphatic carbocycles. The smallest absolute Gasteiger partial charge is 0.313 e. The summed E-state index contributed by atoms with van der Waals surface area (Å²) in [6, 6.07) is 3.88. The van der Waals surface area contributed by atoms with Crippen molar-refractivity contribution in [2.45, 2.75) is 52.0 Å². The predicted octanol–water partition coefficient (Wildman–Crippen LogP) is 3.68. The van der Waals surface area contributed by atoms with E-state index < -0.39 is 16.4 Å². The Morgan fingerprint density at radius 3 is 2.35 bits per heavy atom. The van der Waals surface area contributed by atoms with Crippen LogP contribution >= 0.6 is 11.3 Å². The molecule has 1 N–H and O–H groups in total. The molecule has 1 rings (SSSR count).